The van der Waals surface area contributed by atoms with Crippen LogP contribution < -0.4 is 0 Å². The molecule has 2 rings (SSSR count). The first-order chi connectivity index (χ1) is 6.28. The molecular weight excluding hydrogens is 168 g/mol. The predicted molar refractivity (Wildman–Crippen MR) is 48.2 cm³/mol. The fourth-order valence-corrected chi connectivity index (χ4v) is 2.00. The van der Waals surface area contributed by atoms with Gasteiger partial charge in [0.1, 0.15) is 17.5 Å². The lowest BCUT2D eigenvalue weighted by molar-refractivity contribution is -0.147. The van der Waals surface area contributed by atoms with E-state index in [2.05, 4.69) is 0 Å². The molecule has 1 atom stereocenters. The van der Waals surface area contributed by atoms with Gasteiger partial charge in [-0.05, 0) is 25.3 Å². The normalized spacial score (nSPS) is 27.4. The van der Waals surface area contributed by atoms with E-state index >= 15 is 0 Å². The van der Waals surface area contributed by atoms with Gasteiger partial charge in [-0.2, -0.15) is 0 Å². The molecule has 13 heavy (non-hydrogen) atoms. The molecule has 2 aliphatic rings. The van der Waals surface area contributed by atoms with Crippen LogP contribution in [0.1, 0.15) is 25.7 Å². The van der Waals surface area contributed by atoms with E-state index in [1.807, 2.05) is 6.08 Å². The van der Waals surface area contributed by atoms with Crippen molar-refractivity contribution in [3.63, 3.8) is 0 Å². The highest BCUT2D eigenvalue weighted by Gasteiger charge is 2.46. The van der Waals surface area contributed by atoms with Crippen molar-refractivity contribution in [1.29, 1.82) is 0 Å². The monoisotopic (exact) mass is 184 g/mol. The fourth-order valence-electron chi connectivity index (χ4n) is 2.00. The number of hydrogen-bond donors (Lipinski definition) is 1. The number of ether oxygens (including phenoxy) is 2. The van der Waals surface area contributed by atoms with Gasteiger partial charge in [-0.3, -0.25) is 0 Å². The molecule has 0 spiro atoms. The Hall–Kier alpha value is -0.540. The number of rotatable bonds is 3. The van der Waals surface area contributed by atoms with Gasteiger partial charge in [-0.25, -0.2) is 0 Å². The van der Waals surface area contributed by atoms with Gasteiger partial charge in [0.25, 0.3) is 0 Å². The SMILES string of the molecule is COC1(C(O)C2=CCCO2)CCC1. The fraction of sp³-hybridized carbons (Fsp3) is 0.800. The second-order valence-corrected chi connectivity index (χ2v) is 3.77. The van der Waals surface area contributed by atoms with Crippen molar-refractivity contribution in [3.8, 4) is 0 Å². The molecule has 0 aromatic heterocycles. The summed E-state index contributed by atoms with van der Waals surface area (Å²) in [5, 5.41) is 10.0. The van der Waals surface area contributed by atoms with E-state index in [1.165, 1.54) is 0 Å². The Kier molecular flexibility index (Phi) is 2.30. The zero-order chi connectivity index (χ0) is 9.31. The molecule has 0 aromatic carbocycles. The maximum Gasteiger partial charge on any atom is 0.139 e. The lowest BCUT2D eigenvalue weighted by Crippen LogP contribution is -2.50. The minimum absolute atomic E-state index is 0.351. The van der Waals surface area contributed by atoms with E-state index < -0.39 is 6.10 Å². The highest BCUT2D eigenvalue weighted by molar-refractivity contribution is 5.13. The Morgan fingerprint density at radius 3 is 2.77 bits per heavy atom. The third-order valence-corrected chi connectivity index (χ3v) is 3.11. The van der Waals surface area contributed by atoms with Gasteiger partial charge >= 0.3 is 0 Å². The first kappa shape index (κ1) is 9.03. The molecule has 0 amide bonds. The Morgan fingerprint density at radius 1 is 1.62 bits per heavy atom. The van der Waals surface area contributed by atoms with E-state index in [9.17, 15) is 5.11 Å². The van der Waals surface area contributed by atoms with Crippen molar-refractivity contribution >= 4 is 0 Å². The van der Waals surface area contributed by atoms with Crippen LogP contribution in [-0.2, 0) is 9.47 Å². The van der Waals surface area contributed by atoms with Crippen LogP contribution in [-0.4, -0.2) is 30.5 Å². The number of methoxy groups -OCH3 is 1. The Bertz CT molecular complexity index is 213. The molecule has 0 bridgehead atoms. The van der Waals surface area contributed by atoms with Crippen LogP contribution in [0.15, 0.2) is 11.8 Å². The van der Waals surface area contributed by atoms with Crippen LogP contribution >= 0.6 is 0 Å². The number of aliphatic hydroxyl groups is 1. The molecule has 1 fully saturated rings. The summed E-state index contributed by atoms with van der Waals surface area (Å²) in [7, 11) is 1.66. The van der Waals surface area contributed by atoms with Crippen molar-refractivity contribution in [1.82, 2.24) is 0 Å². The van der Waals surface area contributed by atoms with Crippen molar-refractivity contribution in [2.24, 2.45) is 0 Å². The standard InChI is InChI=1S/C10H16O3/c1-12-10(5-3-6-10)9(11)8-4-2-7-13-8/h4,9,11H,2-3,5-7H2,1H3. The summed E-state index contributed by atoms with van der Waals surface area (Å²) in [6, 6.07) is 0. The second-order valence-electron chi connectivity index (χ2n) is 3.77. The van der Waals surface area contributed by atoms with Crippen molar-refractivity contribution in [2.45, 2.75) is 37.4 Å². The second kappa shape index (κ2) is 3.31. The van der Waals surface area contributed by atoms with Crippen molar-refractivity contribution in [2.75, 3.05) is 13.7 Å². The van der Waals surface area contributed by atoms with Crippen molar-refractivity contribution < 1.29 is 14.6 Å². The molecule has 3 heteroatoms. The predicted octanol–water partition coefficient (Wildman–Crippen LogP) is 1.22. The van der Waals surface area contributed by atoms with E-state index in [1.54, 1.807) is 7.11 Å². The van der Waals surface area contributed by atoms with Crippen LogP contribution in [0.5, 0.6) is 0 Å². The molecule has 1 unspecified atom stereocenters. The molecular formula is C10H16O3. The lowest BCUT2D eigenvalue weighted by Gasteiger charge is -2.43. The van der Waals surface area contributed by atoms with E-state index in [4.69, 9.17) is 9.47 Å². The van der Waals surface area contributed by atoms with Crippen molar-refractivity contribution in [3.05, 3.63) is 11.8 Å². The molecule has 0 aromatic rings. The number of hydrogen-bond acceptors (Lipinski definition) is 3. The van der Waals surface area contributed by atoms with E-state index in [0.29, 0.717) is 12.4 Å². The highest BCUT2D eigenvalue weighted by atomic mass is 16.5. The highest BCUT2D eigenvalue weighted by Crippen LogP contribution is 2.41. The van der Waals surface area contributed by atoms with Crippen LogP contribution in [0.3, 0.4) is 0 Å². The quantitative estimate of drug-likeness (QED) is 0.716. The average Bonchev–Trinajstić information content (AvgIpc) is 2.54. The first-order valence-corrected chi connectivity index (χ1v) is 4.84. The Balaban J connectivity index is 2.05. The molecule has 3 nitrogen and oxygen atoms in total. The molecule has 1 heterocycles. The summed E-state index contributed by atoms with van der Waals surface area (Å²) >= 11 is 0. The molecule has 1 aliphatic heterocycles. The summed E-state index contributed by atoms with van der Waals surface area (Å²) in [5.41, 5.74) is -0.351. The Morgan fingerprint density at radius 2 is 2.38 bits per heavy atom. The summed E-state index contributed by atoms with van der Waals surface area (Å²) in [6.45, 7) is 0.701. The first-order valence-electron chi connectivity index (χ1n) is 4.84. The lowest BCUT2D eigenvalue weighted by atomic mass is 9.75. The Labute approximate surface area is 78.3 Å². The summed E-state index contributed by atoms with van der Waals surface area (Å²) in [6.07, 6.45) is 5.32. The summed E-state index contributed by atoms with van der Waals surface area (Å²) in [4.78, 5) is 0. The van der Waals surface area contributed by atoms with Gasteiger partial charge < -0.3 is 14.6 Å². The van der Waals surface area contributed by atoms with Gasteiger partial charge in [0, 0.05) is 13.5 Å². The van der Waals surface area contributed by atoms with Crippen LogP contribution in [0.4, 0.5) is 0 Å². The molecule has 1 saturated carbocycles. The van der Waals surface area contributed by atoms with Gasteiger partial charge in [0.15, 0.2) is 0 Å². The zero-order valence-electron chi connectivity index (χ0n) is 7.95. The van der Waals surface area contributed by atoms with Crippen LogP contribution in [0.2, 0.25) is 0 Å². The largest absolute Gasteiger partial charge is 0.495 e. The van der Waals surface area contributed by atoms with Gasteiger partial charge in [-0.1, -0.05) is 0 Å². The summed E-state index contributed by atoms with van der Waals surface area (Å²) in [5.74, 6) is 0.710. The van der Waals surface area contributed by atoms with Gasteiger partial charge in [0.05, 0.1) is 6.61 Å². The maximum absolute atomic E-state index is 10.0. The van der Waals surface area contributed by atoms with Crippen LogP contribution in [0.25, 0.3) is 0 Å². The minimum atomic E-state index is -0.561. The molecule has 74 valence electrons. The topological polar surface area (TPSA) is 38.7 Å². The number of aliphatic hydroxyl groups excluding tert-OH is 1. The summed E-state index contributed by atoms with van der Waals surface area (Å²) < 4.78 is 10.7. The zero-order valence-corrected chi connectivity index (χ0v) is 7.95. The smallest absolute Gasteiger partial charge is 0.139 e. The molecule has 0 saturated heterocycles. The molecule has 1 aliphatic carbocycles. The third kappa shape index (κ3) is 1.36. The van der Waals surface area contributed by atoms with E-state index in [-0.39, 0.29) is 5.60 Å². The minimum Gasteiger partial charge on any atom is -0.495 e. The third-order valence-electron chi connectivity index (χ3n) is 3.11. The van der Waals surface area contributed by atoms with E-state index in [0.717, 1.165) is 25.7 Å². The van der Waals surface area contributed by atoms with Gasteiger partial charge in [0.2, 0.25) is 0 Å². The maximum atomic E-state index is 10.0. The average molecular weight is 184 g/mol. The van der Waals surface area contributed by atoms with Crippen LogP contribution in [0, 0.1) is 0 Å². The molecule has 1 N–H and O–H groups in total. The van der Waals surface area contributed by atoms with Gasteiger partial charge in [-0.15, -0.1) is 0 Å². The molecule has 0 radical (unpaired) electrons.